The molecule has 14 heavy (non-hydrogen) atoms. The second kappa shape index (κ2) is 7.21. The minimum absolute atomic E-state index is 0.0128. The van der Waals surface area contributed by atoms with Crippen LogP contribution in [0.1, 0.15) is 33.6 Å². The molecule has 0 aromatic carbocycles. The third-order valence-electron chi connectivity index (χ3n) is 2.45. The average Bonchev–Trinajstić information content (AvgIpc) is 2.20. The van der Waals surface area contributed by atoms with Gasteiger partial charge in [-0.15, -0.1) is 0 Å². The molecule has 1 heterocycles. The van der Waals surface area contributed by atoms with Crippen LogP contribution in [0.15, 0.2) is 0 Å². The summed E-state index contributed by atoms with van der Waals surface area (Å²) >= 11 is 0. The van der Waals surface area contributed by atoms with Gasteiger partial charge in [-0.3, -0.25) is 0 Å². The van der Waals surface area contributed by atoms with Gasteiger partial charge in [0.25, 0.3) is 0 Å². The first-order valence-electron chi connectivity index (χ1n) is 5.48. The summed E-state index contributed by atoms with van der Waals surface area (Å²) in [5.41, 5.74) is 0. The fraction of sp³-hybridized carbons (Fsp3) is 1.00. The van der Waals surface area contributed by atoms with Crippen LogP contribution in [0.5, 0.6) is 0 Å². The number of methoxy groups -OCH3 is 1. The van der Waals surface area contributed by atoms with E-state index < -0.39 is 0 Å². The highest BCUT2D eigenvalue weighted by Gasteiger charge is 2.27. The molecule has 0 spiro atoms. The van der Waals surface area contributed by atoms with Gasteiger partial charge in [0.1, 0.15) is 0 Å². The molecule has 1 fully saturated rings. The average molecular weight is 203 g/mol. The van der Waals surface area contributed by atoms with Crippen LogP contribution in [0, 0.1) is 0 Å². The van der Waals surface area contributed by atoms with Gasteiger partial charge in [0.15, 0.2) is 6.29 Å². The van der Waals surface area contributed by atoms with Crippen LogP contribution in [-0.2, 0) is 9.47 Å². The normalized spacial score (nSPS) is 32.4. The van der Waals surface area contributed by atoms with Crippen LogP contribution in [0.3, 0.4) is 0 Å². The summed E-state index contributed by atoms with van der Waals surface area (Å²) in [6.07, 6.45) is 2.39. The Balaban J connectivity index is 0.000000791. The molecule has 3 nitrogen and oxygen atoms in total. The first-order valence-corrected chi connectivity index (χ1v) is 5.48. The van der Waals surface area contributed by atoms with Crippen molar-refractivity contribution in [2.24, 2.45) is 0 Å². The summed E-state index contributed by atoms with van der Waals surface area (Å²) in [7, 11) is 5.92. The van der Waals surface area contributed by atoms with E-state index in [0.717, 1.165) is 12.8 Å². The van der Waals surface area contributed by atoms with Crippen molar-refractivity contribution < 1.29 is 9.47 Å². The Morgan fingerprint density at radius 1 is 1.21 bits per heavy atom. The quantitative estimate of drug-likeness (QED) is 0.686. The molecule has 0 N–H and O–H groups in total. The Morgan fingerprint density at radius 2 is 1.79 bits per heavy atom. The standard InChI is InChI=1S/C9H19NO2.C2H6/c1-7-5-8(10(2)3)6-9(11-4)12-7;1-2/h7-9H,5-6H2,1-4H3;1-2H3. The molecule has 0 aliphatic carbocycles. The van der Waals surface area contributed by atoms with Crippen molar-refractivity contribution >= 4 is 0 Å². The minimum atomic E-state index is -0.0128. The molecule has 0 bridgehead atoms. The van der Waals surface area contributed by atoms with Crippen LogP contribution in [0.4, 0.5) is 0 Å². The fourth-order valence-corrected chi connectivity index (χ4v) is 1.65. The molecule has 0 aromatic heterocycles. The summed E-state index contributed by atoms with van der Waals surface area (Å²) in [6.45, 7) is 6.10. The molecule has 3 atom stereocenters. The number of nitrogens with zero attached hydrogens (tertiary/aromatic N) is 1. The minimum Gasteiger partial charge on any atom is -0.356 e. The predicted molar refractivity (Wildman–Crippen MR) is 59.4 cm³/mol. The second-order valence-electron chi connectivity index (χ2n) is 3.70. The third kappa shape index (κ3) is 4.40. The van der Waals surface area contributed by atoms with E-state index >= 15 is 0 Å². The van der Waals surface area contributed by atoms with Crippen molar-refractivity contribution in [2.45, 2.75) is 52.0 Å². The molecule has 86 valence electrons. The summed E-state index contributed by atoms with van der Waals surface area (Å²) in [5.74, 6) is 0. The van der Waals surface area contributed by atoms with Gasteiger partial charge in [-0.1, -0.05) is 13.8 Å². The van der Waals surface area contributed by atoms with Crippen molar-refractivity contribution in [3.8, 4) is 0 Å². The first kappa shape index (κ1) is 13.9. The Labute approximate surface area is 88.4 Å². The number of rotatable bonds is 2. The molecule has 1 rings (SSSR count). The fourth-order valence-electron chi connectivity index (χ4n) is 1.65. The van der Waals surface area contributed by atoms with Crippen molar-refractivity contribution in [1.82, 2.24) is 4.90 Å². The second-order valence-corrected chi connectivity index (χ2v) is 3.70. The van der Waals surface area contributed by atoms with Gasteiger partial charge in [-0.05, 0) is 27.4 Å². The summed E-state index contributed by atoms with van der Waals surface area (Å²) in [6, 6.07) is 0.596. The van der Waals surface area contributed by atoms with E-state index in [1.165, 1.54) is 0 Å². The molecule has 1 saturated heterocycles. The van der Waals surface area contributed by atoms with Crippen LogP contribution in [0.25, 0.3) is 0 Å². The van der Waals surface area contributed by atoms with Crippen LogP contribution in [0.2, 0.25) is 0 Å². The number of ether oxygens (including phenoxy) is 2. The monoisotopic (exact) mass is 203 g/mol. The molecule has 3 unspecified atom stereocenters. The van der Waals surface area contributed by atoms with Gasteiger partial charge in [-0.2, -0.15) is 0 Å². The smallest absolute Gasteiger partial charge is 0.159 e. The van der Waals surface area contributed by atoms with Gasteiger partial charge in [0.05, 0.1) is 6.10 Å². The van der Waals surface area contributed by atoms with E-state index in [2.05, 4.69) is 25.9 Å². The molecular weight excluding hydrogens is 178 g/mol. The van der Waals surface area contributed by atoms with Crippen LogP contribution >= 0.6 is 0 Å². The van der Waals surface area contributed by atoms with Crippen molar-refractivity contribution in [2.75, 3.05) is 21.2 Å². The van der Waals surface area contributed by atoms with E-state index in [1.54, 1.807) is 7.11 Å². The lowest BCUT2D eigenvalue weighted by Crippen LogP contribution is -2.42. The third-order valence-corrected chi connectivity index (χ3v) is 2.45. The Morgan fingerprint density at radius 3 is 2.21 bits per heavy atom. The number of hydrogen-bond donors (Lipinski definition) is 0. The predicted octanol–water partition coefficient (Wildman–Crippen LogP) is 2.11. The number of hydrogen-bond acceptors (Lipinski definition) is 3. The summed E-state index contributed by atoms with van der Waals surface area (Å²) in [4.78, 5) is 2.24. The summed E-state index contributed by atoms with van der Waals surface area (Å²) < 4.78 is 10.8. The molecule has 3 heteroatoms. The maximum atomic E-state index is 5.57. The highest BCUT2D eigenvalue weighted by Crippen LogP contribution is 2.22. The van der Waals surface area contributed by atoms with Crippen molar-refractivity contribution in [1.29, 1.82) is 0 Å². The zero-order valence-electron chi connectivity index (χ0n) is 10.4. The highest BCUT2D eigenvalue weighted by molar-refractivity contribution is 4.76. The molecule has 0 saturated carbocycles. The Bertz CT molecular complexity index is 139. The lowest BCUT2D eigenvalue weighted by molar-refractivity contribution is -0.188. The lowest BCUT2D eigenvalue weighted by Gasteiger charge is -2.36. The van der Waals surface area contributed by atoms with Gasteiger partial charge in [0, 0.05) is 19.6 Å². The summed E-state index contributed by atoms with van der Waals surface area (Å²) in [5, 5.41) is 0. The molecule has 1 aliphatic rings. The largest absolute Gasteiger partial charge is 0.356 e. The zero-order valence-corrected chi connectivity index (χ0v) is 10.4. The molecule has 0 radical (unpaired) electrons. The first-order chi connectivity index (χ1) is 6.63. The SMILES string of the molecule is CC.COC1CC(N(C)C)CC(C)O1. The Hall–Kier alpha value is -0.120. The molecule has 0 amide bonds. The molecular formula is C11H25NO2. The van der Waals surface area contributed by atoms with Crippen LogP contribution < -0.4 is 0 Å². The van der Waals surface area contributed by atoms with Gasteiger partial charge >= 0.3 is 0 Å². The van der Waals surface area contributed by atoms with Gasteiger partial charge < -0.3 is 14.4 Å². The maximum Gasteiger partial charge on any atom is 0.159 e. The van der Waals surface area contributed by atoms with Crippen molar-refractivity contribution in [3.05, 3.63) is 0 Å². The maximum absolute atomic E-state index is 5.57. The lowest BCUT2D eigenvalue weighted by atomic mass is 10.0. The molecule has 1 aliphatic heterocycles. The van der Waals surface area contributed by atoms with E-state index in [1.807, 2.05) is 13.8 Å². The van der Waals surface area contributed by atoms with E-state index in [0.29, 0.717) is 12.1 Å². The van der Waals surface area contributed by atoms with E-state index in [-0.39, 0.29) is 6.29 Å². The van der Waals surface area contributed by atoms with Crippen molar-refractivity contribution in [3.63, 3.8) is 0 Å². The molecule has 0 aromatic rings. The van der Waals surface area contributed by atoms with Crippen LogP contribution in [-0.4, -0.2) is 44.5 Å². The highest BCUT2D eigenvalue weighted by atomic mass is 16.7. The topological polar surface area (TPSA) is 21.7 Å². The van der Waals surface area contributed by atoms with Gasteiger partial charge in [0.2, 0.25) is 0 Å². The van der Waals surface area contributed by atoms with Gasteiger partial charge in [-0.25, -0.2) is 0 Å². The zero-order chi connectivity index (χ0) is 11.1. The van der Waals surface area contributed by atoms with E-state index in [4.69, 9.17) is 9.47 Å². The van der Waals surface area contributed by atoms with E-state index in [9.17, 15) is 0 Å². The Kier molecular flexibility index (Phi) is 7.15.